The summed E-state index contributed by atoms with van der Waals surface area (Å²) in [5.74, 6) is -0.267. The zero-order valence-corrected chi connectivity index (χ0v) is 11.3. The topological polar surface area (TPSA) is 94.1 Å². The minimum absolute atomic E-state index is 0.252. The Morgan fingerprint density at radius 2 is 1.95 bits per heavy atom. The molecule has 0 saturated carbocycles. The molecule has 20 heavy (non-hydrogen) atoms. The summed E-state index contributed by atoms with van der Waals surface area (Å²) in [5, 5.41) is 11.0. The molecule has 7 nitrogen and oxygen atoms in total. The molecule has 0 unspecified atom stereocenters. The molecule has 0 saturated heterocycles. The number of carbonyl (C=O) groups is 2. The number of benzene rings is 1. The van der Waals surface area contributed by atoms with Crippen molar-refractivity contribution in [2.45, 2.75) is 6.54 Å². The summed E-state index contributed by atoms with van der Waals surface area (Å²) in [7, 11) is 3.08. The maximum Gasteiger partial charge on any atom is 0.329 e. The van der Waals surface area contributed by atoms with E-state index in [0.717, 1.165) is 5.56 Å². The second-order valence-electron chi connectivity index (χ2n) is 3.84. The van der Waals surface area contributed by atoms with Crippen LogP contribution in [0.25, 0.3) is 0 Å². The Morgan fingerprint density at radius 1 is 1.20 bits per heavy atom. The predicted molar refractivity (Wildman–Crippen MR) is 69.8 cm³/mol. The number of carboxylic acids is 1. The van der Waals surface area contributed by atoms with Gasteiger partial charge in [-0.25, -0.2) is 4.79 Å². The van der Waals surface area contributed by atoms with Crippen molar-refractivity contribution < 1.29 is 28.9 Å². The van der Waals surface area contributed by atoms with Crippen LogP contribution in [-0.4, -0.2) is 44.4 Å². The van der Waals surface area contributed by atoms with Crippen molar-refractivity contribution in [1.82, 2.24) is 5.32 Å². The lowest BCUT2D eigenvalue weighted by Crippen LogP contribution is -2.28. The standard InChI is InChI=1S/C13H17NO6/c1-18-10-4-3-9(11(5-10)19-2)6-14-12(15)7-20-8-13(16)17/h3-5H,6-8H2,1-2H3,(H,14,15)(H,16,17). The van der Waals surface area contributed by atoms with E-state index in [2.05, 4.69) is 10.1 Å². The van der Waals surface area contributed by atoms with Gasteiger partial charge in [0.1, 0.15) is 24.7 Å². The number of rotatable bonds is 8. The van der Waals surface area contributed by atoms with Crippen molar-refractivity contribution in [2.75, 3.05) is 27.4 Å². The van der Waals surface area contributed by atoms with E-state index in [1.807, 2.05) is 0 Å². The molecule has 1 rings (SSSR count). The van der Waals surface area contributed by atoms with Crippen molar-refractivity contribution >= 4 is 11.9 Å². The largest absolute Gasteiger partial charge is 0.497 e. The van der Waals surface area contributed by atoms with Crippen LogP contribution in [-0.2, 0) is 20.9 Å². The van der Waals surface area contributed by atoms with Crippen molar-refractivity contribution in [2.24, 2.45) is 0 Å². The molecule has 0 heterocycles. The number of methoxy groups -OCH3 is 2. The Bertz CT molecular complexity index is 474. The highest BCUT2D eigenvalue weighted by atomic mass is 16.5. The SMILES string of the molecule is COc1ccc(CNC(=O)COCC(=O)O)c(OC)c1. The molecular weight excluding hydrogens is 266 g/mol. The van der Waals surface area contributed by atoms with E-state index in [9.17, 15) is 9.59 Å². The highest BCUT2D eigenvalue weighted by Crippen LogP contribution is 2.24. The van der Waals surface area contributed by atoms with E-state index < -0.39 is 18.5 Å². The summed E-state index contributed by atoms with van der Waals surface area (Å²) in [6, 6.07) is 5.24. The van der Waals surface area contributed by atoms with Gasteiger partial charge in [-0.15, -0.1) is 0 Å². The maximum atomic E-state index is 11.4. The van der Waals surface area contributed by atoms with Crippen LogP contribution in [0.4, 0.5) is 0 Å². The van der Waals surface area contributed by atoms with Gasteiger partial charge in [0.25, 0.3) is 0 Å². The normalized spacial score (nSPS) is 9.90. The first-order chi connectivity index (χ1) is 9.56. The molecule has 1 aromatic carbocycles. The maximum absolute atomic E-state index is 11.4. The van der Waals surface area contributed by atoms with Gasteiger partial charge >= 0.3 is 5.97 Å². The Morgan fingerprint density at radius 3 is 2.55 bits per heavy atom. The van der Waals surface area contributed by atoms with Crippen LogP contribution in [0.5, 0.6) is 11.5 Å². The first kappa shape index (κ1) is 15.8. The Hall–Kier alpha value is -2.28. The van der Waals surface area contributed by atoms with Crippen molar-refractivity contribution in [1.29, 1.82) is 0 Å². The molecule has 7 heteroatoms. The van der Waals surface area contributed by atoms with Crippen LogP contribution < -0.4 is 14.8 Å². The molecule has 0 aromatic heterocycles. The Labute approximate surface area is 116 Å². The van der Waals surface area contributed by atoms with Crippen LogP contribution in [0.2, 0.25) is 0 Å². The van der Waals surface area contributed by atoms with Gasteiger partial charge in [-0.3, -0.25) is 4.79 Å². The minimum atomic E-state index is -1.12. The third kappa shape index (κ3) is 5.15. The lowest BCUT2D eigenvalue weighted by Gasteiger charge is -2.11. The van der Waals surface area contributed by atoms with Crippen molar-refractivity contribution in [3.63, 3.8) is 0 Å². The predicted octanol–water partition coefficient (Wildman–Crippen LogP) is 0.421. The third-order valence-electron chi connectivity index (χ3n) is 2.43. The number of aliphatic carboxylic acids is 1. The highest BCUT2D eigenvalue weighted by Gasteiger charge is 2.08. The van der Waals surface area contributed by atoms with E-state index >= 15 is 0 Å². The van der Waals surface area contributed by atoms with Crippen LogP contribution in [0.15, 0.2) is 18.2 Å². The molecule has 1 aromatic rings. The fourth-order valence-electron chi connectivity index (χ4n) is 1.47. The zero-order chi connectivity index (χ0) is 15.0. The lowest BCUT2D eigenvalue weighted by atomic mass is 10.2. The molecule has 0 aliphatic heterocycles. The Kier molecular flexibility index (Phi) is 6.31. The number of ether oxygens (including phenoxy) is 3. The van der Waals surface area contributed by atoms with Gasteiger partial charge in [0, 0.05) is 18.2 Å². The summed E-state index contributed by atoms with van der Waals surface area (Å²) >= 11 is 0. The quantitative estimate of drug-likeness (QED) is 0.718. The van der Waals surface area contributed by atoms with Crippen LogP contribution >= 0.6 is 0 Å². The molecule has 110 valence electrons. The molecule has 0 spiro atoms. The average molecular weight is 283 g/mol. The summed E-state index contributed by atoms with van der Waals surface area (Å²) in [4.78, 5) is 21.6. The van der Waals surface area contributed by atoms with Crippen LogP contribution in [0.3, 0.4) is 0 Å². The second kappa shape index (κ2) is 8.00. The first-order valence-electron chi connectivity index (χ1n) is 5.84. The number of hydrogen-bond donors (Lipinski definition) is 2. The average Bonchev–Trinajstić information content (AvgIpc) is 2.44. The molecule has 0 bridgehead atoms. The number of amides is 1. The highest BCUT2D eigenvalue weighted by molar-refractivity contribution is 5.77. The molecule has 0 aliphatic rings. The van der Waals surface area contributed by atoms with Gasteiger partial charge in [-0.2, -0.15) is 0 Å². The van der Waals surface area contributed by atoms with E-state index in [4.69, 9.17) is 14.6 Å². The third-order valence-corrected chi connectivity index (χ3v) is 2.43. The van der Waals surface area contributed by atoms with Gasteiger partial charge in [-0.05, 0) is 12.1 Å². The number of nitrogens with one attached hydrogen (secondary N) is 1. The molecule has 0 atom stereocenters. The fourth-order valence-corrected chi connectivity index (χ4v) is 1.47. The molecule has 2 N–H and O–H groups in total. The summed E-state index contributed by atoms with van der Waals surface area (Å²) in [5.41, 5.74) is 0.778. The smallest absolute Gasteiger partial charge is 0.329 e. The lowest BCUT2D eigenvalue weighted by molar-refractivity contribution is -0.143. The molecule has 0 fully saturated rings. The molecule has 0 aliphatic carbocycles. The number of carboxylic acid groups (broad SMARTS) is 1. The molecule has 0 radical (unpaired) electrons. The van der Waals surface area contributed by atoms with Crippen LogP contribution in [0.1, 0.15) is 5.56 Å². The summed E-state index contributed by atoms with van der Waals surface area (Å²) < 4.78 is 14.9. The van der Waals surface area contributed by atoms with Gasteiger partial charge in [0.15, 0.2) is 0 Å². The fraction of sp³-hybridized carbons (Fsp3) is 0.385. The Balaban J connectivity index is 2.48. The van der Waals surface area contributed by atoms with Crippen molar-refractivity contribution in [3.05, 3.63) is 23.8 Å². The van der Waals surface area contributed by atoms with Gasteiger partial charge in [-0.1, -0.05) is 0 Å². The van der Waals surface area contributed by atoms with Gasteiger partial charge in [0.05, 0.1) is 14.2 Å². The minimum Gasteiger partial charge on any atom is -0.497 e. The molecular formula is C13H17NO6. The number of hydrogen-bond acceptors (Lipinski definition) is 5. The van der Waals surface area contributed by atoms with E-state index in [1.165, 1.54) is 7.11 Å². The van der Waals surface area contributed by atoms with Crippen LogP contribution in [0, 0.1) is 0 Å². The van der Waals surface area contributed by atoms with E-state index in [-0.39, 0.29) is 13.2 Å². The summed E-state index contributed by atoms with van der Waals surface area (Å²) in [6.45, 7) is -0.549. The van der Waals surface area contributed by atoms with Crippen molar-refractivity contribution in [3.8, 4) is 11.5 Å². The van der Waals surface area contributed by atoms with E-state index in [0.29, 0.717) is 11.5 Å². The van der Waals surface area contributed by atoms with Gasteiger partial charge in [0.2, 0.25) is 5.91 Å². The van der Waals surface area contributed by atoms with E-state index in [1.54, 1.807) is 25.3 Å². The number of carbonyl (C=O) groups excluding carboxylic acids is 1. The zero-order valence-electron chi connectivity index (χ0n) is 11.3. The molecule has 1 amide bonds. The second-order valence-corrected chi connectivity index (χ2v) is 3.84. The monoisotopic (exact) mass is 283 g/mol. The summed E-state index contributed by atoms with van der Waals surface area (Å²) in [6.07, 6.45) is 0. The van der Waals surface area contributed by atoms with Gasteiger partial charge < -0.3 is 24.6 Å². The first-order valence-corrected chi connectivity index (χ1v) is 5.84.